The summed E-state index contributed by atoms with van der Waals surface area (Å²) in [6.45, 7) is 6.24. The maximum Gasteiger partial charge on any atom is 0.124 e. The van der Waals surface area contributed by atoms with Crippen LogP contribution in [0.5, 0.6) is 5.75 Å². The highest BCUT2D eigenvalue weighted by Crippen LogP contribution is 2.27. The Morgan fingerprint density at radius 2 is 2.33 bits per heavy atom. The van der Waals surface area contributed by atoms with E-state index in [1.807, 2.05) is 31.2 Å². The summed E-state index contributed by atoms with van der Waals surface area (Å²) in [7, 11) is 0. The molecule has 0 amide bonds. The molecular formula is C12H16BrNO. The van der Waals surface area contributed by atoms with Crippen molar-refractivity contribution in [1.82, 2.24) is 0 Å². The minimum Gasteiger partial charge on any atom is -0.493 e. The van der Waals surface area contributed by atoms with Gasteiger partial charge in [-0.3, -0.25) is 0 Å². The van der Waals surface area contributed by atoms with E-state index in [-0.39, 0.29) is 6.04 Å². The van der Waals surface area contributed by atoms with Crippen LogP contribution in [0.15, 0.2) is 35.3 Å². The van der Waals surface area contributed by atoms with Gasteiger partial charge < -0.3 is 10.5 Å². The topological polar surface area (TPSA) is 35.2 Å². The fourth-order valence-corrected chi connectivity index (χ4v) is 1.64. The van der Waals surface area contributed by atoms with Crippen LogP contribution in [0.3, 0.4) is 0 Å². The number of halogens is 1. The van der Waals surface area contributed by atoms with E-state index in [0.717, 1.165) is 22.2 Å². The Bertz CT molecular complexity index is 336. The average Bonchev–Trinajstić information content (AvgIpc) is 2.20. The maximum absolute atomic E-state index is 5.87. The van der Waals surface area contributed by atoms with Crippen molar-refractivity contribution in [2.75, 3.05) is 6.61 Å². The fourth-order valence-electron chi connectivity index (χ4n) is 1.26. The van der Waals surface area contributed by atoms with E-state index in [9.17, 15) is 0 Å². The maximum atomic E-state index is 5.87. The van der Waals surface area contributed by atoms with Gasteiger partial charge in [0.15, 0.2) is 0 Å². The molecule has 1 atom stereocenters. The van der Waals surface area contributed by atoms with Crippen molar-refractivity contribution in [3.8, 4) is 5.75 Å². The second kappa shape index (κ2) is 5.93. The molecule has 0 aliphatic carbocycles. The monoisotopic (exact) mass is 269 g/mol. The van der Waals surface area contributed by atoms with Crippen molar-refractivity contribution < 1.29 is 4.74 Å². The van der Waals surface area contributed by atoms with Gasteiger partial charge in [-0.1, -0.05) is 22.0 Å². The second-order valence-electron chi connectivity index (χ2n) is 3.40. The van der Waals surface area contributed by atoms with Crippen LogP contribution in [0.25, 0.3) is 0 Å². The molecule has 82 valence electrons. The van der Waals surface area contributed by atoms with Gasteiger partial charge in [0.2, 0.25) is 0 Å². The number of benzene rings is 1. The van der Waals surface area contributed by atoms with Crippen molar-refractivity contribution in [1.29, 1.82) is 0 Å². The summed E-state index contributed by atoms with van der Waals surface area (Å²) in [6.07, 6.45) is 2.68. The third kappa shape index (κ3) is 3.68. The van der Waals surface area contributed by atoms with E-state index in [2.05, 4.69) is 22.5 Å². The van der Waals surface area contributed by atoms with Gasteiger partial charge in [-0.25, -0.2) is 0 Å². The lowest BCUT2D eigenvalue weighted by Crippen LogP contribution is -2.08. The third-order valence-corrected chi connectivity index (χ3v) is 2.54. The molecule has 1 aromatic carbocycles. The van der Waals surface area contributed by atoms with Crippen molar-refractivity contribution in [2.45, 2.75) is 19.4 Å². The Balaban J connectivity index is 2.81. The van der Waals surface area contributed by atoms with Gasteiger partial charge in [0.25, 0.3) is 0 Å². The van der Waals surface area contributed by atoms with Gasteiger partial charge in [0, 0.05) is 16.1 Å². The van der Waals surface area contributed by atoms with E-state index in [1.165, 1.54) is 0 Å². The highest BCUT2D eigenvalue weighted by molar-refractivity contribution is 9.10. The largest absolute Gasteiger partial charge is 0.493 e. The molecule has 0 unspecified atom stereocenters. The summed E-state index contributed by atoms with van der Waals surface area (Å²) in [5, 5.41) is 0. The second-order valence-corrected chi connectivity index (χ2v) is 4.31. The molecule has 1 rings (SSSR count). The number of hydrogen-bond acceptors (Lipinski definition) is 2. The zero-order valence-corrected chi connectivity index (χ0v) is 10.5. The zero-order chi connectivity index (χ0) is 11.3. The molecule has 0 saturated heterocycles. The molecule has 0 saturated carbocycles. The molecule has 0 bridgehead atoms. The lowest BCUT2D eigenvalue weighted by Gasteiger charge is -2.13. The average molecular weight is 270 g/mol. The molecule has 1 aromatic rings. The fraction of sp³-hybridized carbons (Fsp3) is 0.333. The molecule has 3 heteroatoms. The standard InChI is InChI=1S/C12H16BrNO/c1-3-4-7-15-12-6-5-10(13)8-11(12)9(2)14/h3,5-6,8-9H,1,4,7,14H2,2H3/t9-/m0/s1. The minimum atomic E-state index is -0.0266. The van der Waals surface area contributed by atoms with E-state index in [0.29, 0.717) is 6.61 Å². The van der Waals surface area contributed by atoms with Gasteiger partial charge in [-0.05, 0) is 31.5 Å². The highest BCUT2D eigenvalue weighted by Gasteiger charge is 2.08. The summed E-state index contributed by atoms with van der Waals surface area (Å²) in [4.78, 5) is 0. The number of hydrogen-bond donors (Lipinski definition) is 1. The van der Waals surface area contributed by atoms with Crippen LogP contribution in [0.4, 0.5) is 0 Å². The molecule has 0 radical (unpaired) electrons. The summed E-state index contributed by atoms with van der Waals surface area (Å²) in [6, 6.07) is 5.86. The van der Waals surface area contributed by atoms with Gasteiger partial charge in [-0.2, -0.15) is 0 Å². The van der Waals surface area contributed by atoms with Crippen LogP contribution in [-0.4, -0.2) is 6.61 Å². The molecule has 0 heterocycles. The van der Waals surface area contributed by atoms with Crippen LogP contribution in [-0.2, 0) is 0 Å². The minimum absolute atomic E-state index is 0.0266. The van der Waals surface area contributed by atoms with Crippen LogP contribution in [0, 0.1) is 0 Å². The molecule has 0 fully saturated rings. The van der Waals surface area contributed by atoms with E-state index >= 15 is 0 Å². The first-order valence-electron chi connectivity index (χ1n) is 4.94. The molecular weight excluding hydrogens is 254 g/mol. The third-order valence-electron chi connectivity index (χ3n) is 2.04. The first kappa shape index (κ1) is 12.3. The van der Waals surface area contributed by atoms with Crippen LogP contribution < -0.4 is 10.5 Å². The van der Waals surface area contributed by atoms with E-state index < -0.39 is 0 Å². The lowest BCUT2D eigenvalue weighted by molar-refractivity contribution is 0.320. The summed E-state index contributed by atoms with van der Waals surface area (Å²) >= 11 is 3.42. The summed E-state index contributed by atoms with van der Waals surface area (Å²) in [5.74, 6) is 0.857. The zero-order valence-electron chi connectivity index (χ0n) is 8.87. The Hall–Kier alpha value is -0.800. The van der Waals surface area contributed by atoms with Crippen LogP contribution in [0.2, 0.25) is 0 Å². The molecule has 0 aromatic heterocycles. The molecule has 2 nitrogen and oxygen atoms in total. The quantitative estimate of drug-likeness (QED) is 0.657. The molecule has 0 aliphatic rings. The van der Waals surface area contributed by atoms with Crippen molar-refractivity contribution in [3.63, 3.8) is 0 Å². The lowest BCUT2D eigenvalue weighted by atomic mass is 10.1. The first-order chi connectivity index (χ1) is 7.15. The SMILES string of the molecule is C=CCCOc1ccc(Br)cc1[C@H](C)N. The highest BCUT2D eigenvalue weighted by atomic mass is 79.9. The molecule has 2 N–H and O–H groups in total. The number of nitrogens with two attached hydrogens (primary N) is 1. The van der Waals surface area contributed by atoms with Gasteiger partial charge in [0.1, 0.15) is 5.75 Å². The number of rotatable bonds is 5. The van der Waals surface area contributed by atoms with Crippen LogP contribution in [0.1, 0.15) is 24.9 Å². The Morgan fingerprint density at radius 3 is 2.93 bits per heavy atom. The first-order valence-corrected chi connectivity index (χ1v) is 5.73. The Kier molecular flexibility index (Phi) is 4.85. The Morgan fingerprint density at radius 1 is 1.60 bits per heavy atom. The molecule has 0 aliphatic heterocycles. The van der Waals surface area contributed by atoms with Gasteiger partial charge >= 0.3 is 0 Å². The smallest absolute Gasteiger partial charge is 0.124 e. The summed E-state index contributed by atoms with van der Waals surface area (Å²) in [5.41, 5.74) is 6.89. The molecule has 0 spiro atoms. The Labute approximate surface area is 99.3 Å². The van der Waals surface area contributed by atoms with Crippen molar-refractivity contribution in [3.05, 3.63) is 40.9 Å². The normalized spacial score (nSPS) is 12.2. The van der Waals surface area contributed by atoms with Crippen LogP contribution >= 0.6 is 15.9 Å². The number of ether oxygens (including phenoxy) is 1. The van der Waals surface area contributed by atoms with Gasteiger partial charge in [-0.15, -0.1) is 6.58 Å². The van der Waals surface area contributed by atoms with E-state index in [1.54, 1.807) is 0 Å². The van der Waals surface area contributed by atoms with E-state index in [4.69, 9.17) is 10.5 Å². The predicted molar refractivity (Wildman–Crippen MR) is 67.1 cm³/mol. The summed E-state index contributed by atoms with van der Waals surface area (Å²) < 4.78 is 6.64. The molecule has 15 heavy (non-hydrogen) atoms. The van der Waals surface area contributed by atoms with Gasteiger partial charge in [0.05, 0.1) is 6.61 Å². The van der Waals surface area contributed by atoms with Crippen molar-refractivity contribution in [2.24, 2.45) is 5.73 Å². The van der Waals surface area contributed by atoms with Crippen molar-refractivity contribution >= 4 is 15.9 Å². The predicted octanol–water partition coefficient (Wildman–Crippen LogP) is 3.42.